The van der Waals surface area contributed by atoms with E-state index in [9.17, 15) is 8.42 Å². The molecular weight excluding hydrogens is 288 g/mol. The van der Waals surface area contributed by atoms with Crippen LogP contribution in [0.25, 0.3) is 11.1 Å². The fourth-order valence-corrected chi connectivity index (χ4v) is 3.86. The van der Waals surface area contributed by atoms with Gasteiger partial charge in [-0.15, -0.1) is 0 Å². The van der Waals surface area contributed by atoms with Crippen LogP contribution in [0.5, 0.6) is 0 Å². The highest BCUT2D eigenvalue weighted by Crippen LogP contribution is 2.21. The van der Waals surface area contributed by atoms with Gasteiger partial charge >= 0.3 is 0 Å². The zero-order chi connectivity index (χ0) is 13.5. The van der Waals surface area contributed by atoms with Gasteiger partial charge in [0.25, 0.3) is 0 Å². The topological polar surface area (TPSA) is 72.2 Å². The van der Waals surface area contributed by atoms with Gasteiger partial charge in [0.2, 0.25) is 0 Å². The molecule has 1 N–H and O–H groups in total. The average molecular weight is 301 g/mol. The molecule has 0 aliphatic carbocycles. The lowest BCUT2D eigenvalue weighted by molar-refractivity contribution is 0.457. The Morgan fingerprint density at radius 3 is 3.11 bits per heavy atom. The van der Waals surface area contributed by atoms with Crippen molar-refractivity contribution in [2.45, 2.75) is 12.5 Å². The third-order valence-electron chi connectivity index (χ3n) is 3.12. The Bertz CT molecular complexity index is 711. The number of nitrogens with one attached hydrogen (secondary N) is 1. The van der Waals surface area contributed by atoms with Gasteiger partial charge in [-0.1, -0.05) is 11.6 Å². The lowest BCUT2D eigenvalue weighted by atomic mass is 10.2. The van der Waals surface area contributed by atoms with Gasteiger partial charge in [-0.25, -0.2) is 13.4 Å². The van der Waals surface area contributed by atoms with Crippen molar-refractivity contribution in [3.63, 3.8) is 0 Å². The fraction of sp³-hybridized carbons (Fsp3) is 0.417. The molecule has 0 saturated carbocycles. The van der Waals surface area contributed by atoms with Gasteiger partial charge in [-0.05, 0) is 18.2 Å². The highest BCUT2D eigenvalue weighted by atomic mass is 35.5. The van der Waals surface area contributed by atoms with E-state index in [4.69, 9.17) is 16.0 Å². The van der Waals surface area contributed by atoms with Crippen molar-refractivity contribution in [2.75, 3.05) is 18.1 Å². The second-order valence-corrected chi connectivity index (χ2v) is 7.35. The molecule has 0 bridgehead atoms. The van der Waals surface area contributed by atoms with Crippen LogP contribution in [0.4, 0.5) is 0 Å². The Hall–Kier alpha value is -1.11. The molecule has 2 aromatic rings. The lowest BCUT2D eigenvalue weighted by Gasteiger charge is -2.22. The van der Waals surface area contributed by atoms with Gasteiger partial charge in [0.1, 0.15) is 5.52 Å². The first-order chi connectivity index (χ1) is 9.02. The maximum atomic E-state index is 11.6. The lowest BCUT2D eigenvalue weighted by Crippen LogP contribution is -2.46. The van der Waals surface area contributed by atoms with E-state index in [1.165, 1.54) is 0 Å². The Balaban J connectivity index is 1.81. The monoisotopic (exact) mass is 300 g/mol. The molecule has 102 valence electrons. The number of rotatable bonds is 2. The molecule has 5 nitrogen and oxygen atoms in total. The van der Waals surface area contributed by atoms with Gasteiger partial charge < -0.3 is 9.73 Å². The van der Waals surface area contributed by atoms with E-state index >= 15 is 0 Å². The second kappa shape index (κ2) is 4.77. The highest BCUT2D eigenvalue weighted by molar-refractivity contribution is 7.91. The third kappa shape index (κ3) is 2.91. The quantitative estimate of drug-likeness (QED) is 0.908. The van der Waals surface area contributed by atoms with Crippen molar-refractivity contribution >= 4 is 32.5 Å². The molecule has 7 heteroatoms. The van der Waals surface area contributed by atoms with E-state index in [0.717, 1.165) is 0 Å². The maximum Gasteiger partial charge on any atom is 0.197 e. The smallest absolute Gasteiger partial charge is 0.197 e. The number of halogens is 1. The van der Waals surface area contributed by atoms with E-state index in [2.05, 4.69) is 10.3 Å². The van der Waals surface area contributed by atoms with Crippen molar-refractivity contribution in [2.24, 2.45) is 0 Å². The number of fused-ring (bicyclic) bond motifs is 1. The number of oxazole rings is 1. The van der Waals surface area contributed by atoms with Crippen LogP contribution in [0.2, 0.25) is 5.02 Å². The molecule has 1 aliphatic heterocycles. The molecule has 0 amide bonds. The molecule has 1 atom stereocenters. The number of sulfone groups is 1. The third-order valence-corrected chi connectivity index (χ3v) is 5.09. The zero-order valence-electron chi connectivity index (χ0n) is 10.1. The van der Waals surface area contributed by atoms with E-state index < -0.39 is 9.84 Å². The van der Waals surface area contributed by atoms with Crippen LogP contribution in [0.1, 0.15) is 5.89 Å². The number of hydrogen-bond acceptors (Lipinski definition) is 5. The Morgan fingerprint density at radius 2 is 2.32 bits per heavy atom. The molecule has 0 spiro atoms. The summed E-state index contributed by atoms with van der Waals surface area (Å²) in [6, 6.07) is 5.10. The summed E-state index contributed by atoms with van der Waals surface area (Å²) in [4.78, 5) is 4.33. The molecule has 1 saturated heterocycles. The molecule has 2 heterocycles. The van der Waals surface area contributed by atoms with Gasteiger partial charge in [0, 0.05) is 24.0 Å². The largest absolute Gasteiger partial charge is 0.441 e. The Morgan fingerprint density at radius 1 is 1.47 bits per heavy atom. The Labute approximate surface area is 115 Å². The molecule has 0 radical (unpaired) electrons. The van der Waals surface area contributed by atoms with E-state index in [1.807, 2.05) is 0 Å². The van der Waals surface area contributed by atoms with Gasteiger partial charge in [-0.3, -0.25) is 0 Å². The minimum absolute atomic E-state index is 0.131. The average Bonchev–Trinajstić information content (AvgIpc) is 2.68. The number of nitrogens with zero attached hydrogens (tertiary/aromatic N) is 1. The highest BCUT2D eigenvalue weighted by Gasteiger charge is 2.25. The van der Waals surface area contributed by atoms with Crippen LogP contribution in [0.15, 0.2) is 22.6 Å². The molecule has 1 aromatic carbocycles. The minimum Gasteiger partial charge on any atom is -0.441 e. The second-order valence-electron chi connectivity index (χ2n) is 4.69. The predicted octanol–water partition coefficient (Wildman–Crippen LogP) is 1.41. The predicted molar refractivity (Wildman–Crippen MR) is 73.2 cm³/mol. The molecule has 1 aliphatic rings. The maximum absolute atomic E-state index is 11.6. The first-order valence-corrected chi connectivity index (χ1v) is 8.20. The minimum atomic E-state index is -2.94. The first kappa shape index (κ1) is 12.9. The van der Waals surface area contributed by atoms with Crippen LogP contribution in [-0.2, 0) is 16.3 Å². The molecule has 19 heavy (non-hydrogen) atoms. The summed E-state index contributed by atoms with van der Waals surface area (Å²) >= 11 is 5.88. The van der Waals surface area contributed by atoms with Crippen molar-refractivity contribution in [3.05, 3.63) is 29.1 Å². The van der Waals surface area contributed by atoms with E-state index in [-0.39, 0.29) is 17.5 Å². The van der Waals surface area contributed by atoms with Crippen molar-refractivity contribution in [1.82, 2.24) is 10.3 Å². The number of hydrogen-bond donors (Lipinski definition) is 1. The molecule has 3 rings (SSSR count). The summed E-state index contributed by atoms with van der Waals surface area (Å²) in [5, 5.41) is 3.78. The summed E-state index contributed by atoms with van der Waals surface area (Å²) < 4.78 is 28.7. The normalized spacial score (nSPS) is 22.7. The van der Waals surface area contributed by atoms with Crippen molar-refractivity contribution in [1.29, 1.82) is 0 Å². The van der Waals surface area contributed by atoms with Crippen molar-refractivity contribution in [3.8, 4) is 0 Å². The summed E-state index contributed by atoms with van der Waals surface area (Å²) in [6.07, 6.45) is 0.464. The van der Waals surface area contributed by atoms with Crippen molar-refractivity contribution < 1.29 is 12.8 Å². The van der Waals surface area contributed by atoms with Crippen LogP contribution >= 0.6 is 11.6 Å². The van der Waals surface area contributed by atoms with Crippen LogP contribution < -0.4 is 5.32 Å². The number of benzene rings is 1. The number of aromatic nitrogens is 1. The summed E-state index contributed by atoms with van der Waals surface area (Å²) in [7, 11) is -2.94. The SMILES string of the molecule is O=S1(=O)CCNC(Cc2nc3cc(Cl)ccc3o2)C1. The van der Waals surface area contributed by atoms with Gasteiger partial charge in [0.15, 0.2) is 21.3 Å². The Kier molecular flexibility index (Phi) is 3.24. The van der Waals surface area contributed by atoms with Crippen LogP contribution in [-0.4, -0.2) is 37.5 Å². The molecule has 1 unspecified atom stereocenters. The van der Waals surface area contributed by atoms with E-state index in [0.29, 0.717) is 35.0 Å². The van der Waals surface area contributed by atoms with Crippen LogP contribution in [0.3, 0.4) is 0 Å². The summed E-state index contributed by atoms with van der Waals surface area (Å²) in [5.74, 6) is 0.867. The zero-order valence-corrected chi connectivity index (χ0v) is 11.7. The van der Waals surface area contributed by atoms with Crippen LogP contribution in [0, 0.1) is 0 Å². The standard InChI is InChI=1S/C12H13ClN2O3S/c13-8-1-2-11-10(5-8)15-12(18-11)6-9-7-19(16,17)4-3-14-9/h1-2,5,9,14H,3-4,6-7H2. The molecular formula is C12H13ClN2O3S. The molecule has 1 aromatic heterocycles. The first-order valence-electron chi connectivity index (χ1n) is 6.01. The molecule has 1 fully saturated rings. The summed E-state index contributed by atoms with van der Waals surface area (Å²) in [6.45, 7) is 0.485. The van der Waals surface area contributed by atoms with Gasteiger partial charge in [-0.2, -0.15) is 0 Å². The van der Waals surface area contributed by atoms with Gasteiger partial charge in [0.05, 0.1) is 11.5 Å². The van der Waals surface area contributed by atoms with E-state index in [1.54, 1.807) is 18.2 Å². The fourth-order valence-electron chi connectivity index (χ4n) is 2.24. The summed E-state index contributed by atoms with van der Waals surface area (Å²) in [5.41, 5.74) is 1.36.